The number of aryl methyl sites for hydroxylation is 1. The van der Waals surface area contributed by atoms with E-state index in [1.165, 1.54) is 58.0 Å². The molecule has 1 aliphatic rings. The van der Waals surface area contributed by atoms with E-state index in [2.05, 4.69) is 212 Å². The van der Waals surface area contributed by atoms with Gasteiger partial charge in [-0.3, -0.25) is 4.57 Å². The molecule has 10 aromatic rings. The maximum Gasteiger partial charge on any atom is 0.179 e. The zero-order valence-corrected chi connectivity index (χ0v) is 34.4. The van der Waals surface area contributed by atoms with Crippen molar-refractivity contribution in [2.75, 3.05) is 0 Å². The van der Waals surface area contributed by atoms with Crippen LogP contribution in [0.25, 0.3) is 50.0 Å². The first-order chi connectivity index (χ1) is 28.4. The standard InChI is InChI=1S/C52H40N4SSi/c1-52(2)42-26-10-13-29-46(42)57-47-31-30-45-48(49(47)52)41-25-16-32-53-51(41)56(45)36-18-15-24-40(34-36)58(37-19-6-4-7-20-37,38-21-8-5-9-22-38)39-23-14-17-35(33-39)50-54-43-27-11-12-28-44(43)55(50)3/h4-34H,1-3H3. The van der Waals surface area contributed by atoms with Gasteiger partial charge in [0.25, 0.3) is 0 Å². The molecule has 4 nitrogen and oxygen atoms in total. The van der Waals surface area contributed by atoms with Gasteiger partial charge in [0.05, 0.1) is 16.6 Å². The Bertz CT molecular complexity index is 3160. The van der Waals surface area contributed by atoms with Crippen molar-refractivity contribution in [2.45, 2.75) is 29.1 Å². The van der Waals surface area contributed by atoms with Gasteiger partial charge in [0, 0.05) is 50.5 Å². The molecular weight excluding hydrogens is 741 g/mol. The smallest absolute Gasteiger partial charge is 0.179 e. The number of hydrogen-bond donors (Lipinski definition) is 0. The van der Waals surface area contributed by atoms with E-state index < -0.39 is 8.07 Å². The minimum absolute atomic E-state index is 0.194. The molecular formula is C52H40N4SSi. The Labute approximate surface area is 343 Å². The van der Waals surface area contributed by atoms with Crippen LogP contribution in [-0.2, 0) is 12.5 Å². The van der Waals surface area contributed by atoms with Crippen LogP contribution < -0.4 is 20.7 Å². The van der Waals surface area contributed by atoms with Gasteiger partial charge in [-0.1, -0.05) is 153 Å². The van der Waals surface area contributed by atoms with Gasteiger partial charge in [-0.15, -0.1) is 0 Å². The number of fused-ring (bicyclic) bond motifs is 7. The Morgan fingerprint density at radius 2 is 1.24 bits per heavy atom. The number of rotatable bonds is 6. The molecule has 58 heavy (non-hydrogen) atoms. The fraction of sp³-hybridized carbons (Fsp3) is 0.0769. The Morgan fingerprint density at radius 1 is 0.569 bits per heavy atom. The lowest BCUT2D eigenvalue weighted by Gasteiger charge is -2.35. The van der Waals surface area contributed by atoms with E-state index >= 15 is 0 Å². The van der Waals surface area contributed by atoms with Gasteiger partial charge in [0.1, 0.15) is 11.5 Å². The van der Waals surface area contributed by atoms with E-state index in [0.717, 1.165) is 33.8 Å². The second kappa shape index (κ2) is 13.3. The Morgan fingerprint density at radius 3 is 2.02 bits per heavy atom. The highest BCUT2D eigenvalue weighted by Crippen LogP contribution is 2.53. The molecule has 0 saturated heterocycles. The minimum atomic E-state index is -2.96. The van der Waals surface area contributed by atoms with Crippen molar-refractivity contribution < 1.29 is 0 Å². The average molecular weight is 781 g/mol. The third-order valence-corrected chi connectivity index (χ3v) is 18.2. The van der Waals surface area contributed by atoms with E-state index in [1.54, 1.807) is 0 Å². The van der Waals surface area contributed by atoms with E-state index in [0.29, 0.717) is 0 Å². The van der Waals surface area contributed by atoms with Crippen molar-refractivity contribution in [3.63, 3.8) is 0 Å². The van der Waals surface area contributed by atoms with Crippen molar-refractivity contribution in [1.82, 2.24) is 19.1 Å². The number of hydrogen-bond acceptors (Lipinski definition) is 3. The summed E-state index contributed by atoms with van der Waals surface area (Å²) in [6, 6.07) is 67.1. The molecule has 0 atom stereocenters. The zero-order chi connectivity index (χ0) is 39.0. The molecule has 3 aromatic heterocycles. The van der Waals surface area contributed by atoms with E-state index in [-0.39, 0.29) is 5.41 Å². The van der Waals surface area contributed by atoms with Crippen molar-refractivity contribution in [3.05, 3.63) is 199 Å². The van der Waals surface area contributed by atoms with Crippen LogP contribution in [0.15, 0.2) is 198 Å². The number of benzene rings is 7. The summed E-state index contributed by atoms with van der Waals surface area (Å²) >= 11 is 1.88. The number of aromatic nitrogens is 4. The molecule has 0 amide bonds. The third-order valence-electron chi connectivity index (χ3n) is 12.4. The number of imidazole rings is 1. The van der Waals surface area contributed by atoms with Crippen molar-refractivity contribution in [2.24, 2.45) is 7.05 Å². The Hall–Kier alpha value is -6.47. The molecule has 0 aliphatic carbocycles. The van der Waals surface area contributed by atoms with Gasteiger partial charge in [0.2, 0.25) is 0 Å². The SMILES string of the molecule is Cn1c(-c2cccc([Si](c3ccccc3)(c3ccccc3)c3cccc(-n4c5ccc6c(c5c5cccnc54)C(C)(C)c4ccccc4S6)c3)c2)nc2ccccc21. The maximum atomic E-state index is 5.15. The van der Waals surface area contributed by atoms with Crippen LogP contribution in [0.5, 0.6) is 0 Å². The molecule has 7 aromatic carbocycles. The number of pyridine rings is 1. The van der Waals surface area contributed by atoms with Gasteiger partial charge in [-0.25, -0.2) is 9.97 Å². The molecule has 1 aliphatic heterocycles. The molecule has 0 unspecified atom stereocenters. The summed E-state index contributed by atoms with van der Waals surface area (Å²) in [6.07, 6.45) is 1.93. The van der Waals surface area contributed by atoms with Crippen molar-refractivity contribution in [3.8, 4) is 17.1 Å². The maximum absolute atomic E-state index is 5.15. The van der Waals surface area contributed by atoms with Crippen LogP contribution in [-0.4, -0.2) is 27.2 Å². The highest BCUT2D eigenvalue weighted by molar-refractivity contribution is 7.99. The lowest BCUT2D eigenvalue weighted by atomic mass is 9.76. The van der Waals surface area contributed by atoms with E-state index in [9.17, 15) is 0 Å². The van der Waals surface area contributed by atoms with Gasteiger partial charge in [0.15, 0.2) is 8.07 Å². The predicted molar refractivity (Wildman–Crippen MR) is 245 cm³/mol. The molecule has 0 radical (unpaired) electrons. The Kier molecular flexibility index (Phi) is 7.97. The molecule has 0 bridgehead atoms. The highest BCUT2D eigenvalue weighted by Gasteiger charge is 2.42. The summed E-state index contributed by atoms with van der Waals surface area (Å²) in [4.78, 5) is 12.9. The van der Waals surface area contributed by atoms with E-state index in [4.69, 9.17) is 9.97 Å². The average Bonchev–Trinajstić information content (AvgIpc) is 3.79. The number of nitrogens with zero attached hydrogens (tertiary/aromatic N) is 4. The predicted octanol–water partition coefficient (Wildman–Crippen LogP) is 9.90. The second-order valence-electron chi connectivity index (χ2n) is 15.9. The van der Waals surface area contributed by atoms with Crippen LogP contribution in [0.4, 0.5) is 0 Å². The molecule has 278 valence electrons. The molecule has 0 N–H and O–H groups in total. The molecule has 0 saturated carbocycles. The molecule has 11 rings (SSSR count). The Balaban J connectivity index is 1.18. The number of para-hydroxylation sites is 2. The molecule has 0 fully saturated rings. The lowest BCUT2D eigenvalue weighted by Crippen LogP contribution is -2.74. The van der Waals surface area contributed by atoms with Crippen LogP contribution in [0, 0.1) is 0 Å². The topological polar surface area (TPSA) is 35.6 Å². The summed E-state index contributed by atoms with van der Waals surface area (Å²) in [5, 5.41) is 7.72. The summed E-state index contributed by atoms with van der Waals surface area (Å²) in [5.41, 5.74) is 9.03. The summed E-state index contributed by atoms with van der Waals surface area (Å²) < 4.78 is 4.62. The van der Waals surface area contributed by atoms with Crippen LogP contribution in [0.2, 0.25) is 0 Å². The lowest BCUT2D eigenvalue weighted by molar-refractivity contribution is 0.614. The third kappa shape index (κ3) is 5.08. The van der Waals surface area contributed by atoms with Crippen LogP contribution in [0.3, 0.4) is 0 Å². The van der Waals surface area contributed by atoms with Gasteiger partial charge < -0.3 is 4.57 Å². The molecule has 4 heterocycles. The zero-order valence-electron chi connectivity index (χ0n) is 32.6. The van der Waals surface area contributed by atoms with Gasteiger partial charge in [-0.05, 0) is 86.5 Å². The molecule has 0 spiro atoms. The molecule has 6 heteroatoms. The first-order valence-electron chi connectivity index (χ1n) is 19.9. The summed E-state index contributed by atoms with van der Waals surface area (Å²) in [6.45, 7) is 4.76. The fourth-order valence-electron chi connectivity index (χ4n) is 9.76. The quantitative estimate of drug-likeness (QED) is 0.125. The first kappa shape index (κ1) is 34.7. The second-order valence-corrected chi connectivity index (χ2v) is 20.8. The monoisotopic (exact) mass is 780 g/mol. The van der Waals surface area contributed by atoms with Gasteiger partial charge >= 0.3 is 0 Å². The van der Waals surface area contributed by atoms with Crippen molar-refractivity contribution >= 4 is 73.6 Å². The summed E-state index contributed by atoms with van der Waals surface area (Å²) in [7, 11) is -0.839. The minimum Gasteiger partial charge on any atom is -0.327 e. The fourth-order valence-corrected chi connectivity index (χ4v) is 16.0. The largest absolute Gasteiger partial charge is 0.327 e. The summed E-state index contributed by atoms with van der Waals surface area (Å²) in [5.74, 6) is 0.962. The normalized spacial score (nSPS) is 13.5. The van der Waals surface area contributed by atoms with Crippen LogP contribution >= 0.6 is 11.8 Å². The van der Waals surface area contributed by atoms with Crippen molar-refractivity contribution in [1.29, 1.82) is 0 Å². The highest BCUT2D eigenvalue weighted by atomic mass is 32.2. The van der Waals surface area contributed by atoms with Crippen LogP contribution in [0.1, 0.15) is 25.0 Å². The first-order valence-corrected chi connectivity index (χ1v) is 22.7. The van der Waals surface area contributed by atoms with Gasteiger partial charge in [-0.2, -0.15) is 0 Å². The van der Waals surface area contributed by atoms with E-state index in [1.807, 2.05) is 18.0 Å².